The molecule has 0 atom stereocenters. The maximum atomic E-state index is 14.2. The smallest absolute Gasteiger partial charge is 0.242 e. The van der Waals surface area contributed by atoms with Gasteiger partial charge in [0.1, 0.15) is 22.7 Å². The summed E-state index contributed by atoms with van der Waals surface area (Å²) in [6, 6.07) is 2.83. The van der Waals surface area contributed by atoms with Gasteiger partial charge < -0.3 is 11.1 Å². The minimum atomic E-state index is -0.987. The molecule has 11 heteroatoms. The highest BCUT2D eigenvalue weighted by atomic mass is 32.1. The molecule has 29 heavy (non-hydrogen) atoms. The number of rotatable bonds is 7. The summed E-state index contributed by atoms with van der Waals surface area (Å²) in [6.07, 6.45) is 4.04. The molecule has 0 bridgehead atoms. The number of alkyl halides is 1. The highest BCUT2D eigenvalue weighted by Gasteiger charge is 2.48. The Bertz CT molecular complexity index is 1020. The van der Waals surface area contributed by atoms with Crippen LogP contribution in [0.3, 0.4) is 0 Å². The molecular formula is C18H17F2N7OS. The molecular weight excluding hydrogens is 400 g/mol. The Morgan fingerprint density at radius 1 is 1.28 bits per heavy atom. The summed E-state index contributed by atoms with van der Waals surface area (Å²) in [6.45, 7) is 0.238. The van der Waals surface area contributed by atoms with Crippen LogP contribution in [-0.2, 0) is 16.6 Å². The van der Waals surface area contributed by atoms with Crippen LogP contribution in [0, 0.1) is 5.82 Å². The zero-order valence-corrected chi connectivity index (χ0v) is 16.0. The number of anilines is 1. The van der Waals surface area contributed by atoms with Gasteiger partial charge in [-0.05, 0) is 25.0 Å². The van der Waals surface area contributed by atoms with Crippen LogP contribution < -0.4 is 11.1 Å². The second-order valence-electron chi connectivity index (χ2n) is 6.92. The van der Waals surface area contributed by atoms with Gasteiger partial charge in [-0.1, -0.05) is 0 Å². The molecule has 4 rings (SSSR count). The highest BCUT2D eigenvalue weighted by molar-refractivity contribution is 7.15. The first-order valence-corrected chi connectivity index (χ1v) is 9.69. The number of halogens is 2. The number of pyridine rings is 1. The molecule has 0 radical (unpaired) electrons. The van der Waals surface area contributed by atoms with E-state index in [-0.39, 0.29) is 37.4 Å². The second kappa shape index (κ2) is 7.74. The summed E-state index contributed by atoms with van der Waals surface area (Å²) < 4.78 is 27.8. The van der Waals surface area contributed by atoms with Gasteiger partial charge in [-0.25, -0.2) is 18.7 Å². The van der Waals surface area contributed by atoms with E-state index in [4.69, 9.17) is 5.73 Å². The van der Waals surface area contributed by atoms with Gasteiger partial charge in [-0.15, -0.1) is 21.5 Å². The van der Waals surface area contributed by atoms with E-state index in [0.717, 1.165) is 4.88 Å². The van der Waals surface area contributed by atoms with Crippen molar-refractivity contribution in [3.63, 3.8) is 0 Å². The fourth-order valence-corrected chi connectivity index (χ4v) is 4.24. The van der Waals surface area contributed by atoms with Crippen molar-refractivity contribution in [1.29, 1.82) is 0 Å². The van der Waals surface area contributed by atoms with E-state index < -0.39 is 23.3 Å². The van der Waals surface area contributed by atoms with Crippen molar-refractivity contribution in [3.8, 4) is 10.7 Å². The Morgan fingerprint density at radius 2 is 2.10 bits per heavy atom. The van der Waals surface area contributed by atoms with E-state index in [2.05, 4.69) is 30.5 Å². The van der Waals surface area contributed by atoms with Gasteiger partial charge in [0.05, 0.1) is 18.3 Å². The maximum absolute atomic E-state index is 14.2. The van der Waals surface area contributed by atoms with Gasteiger partial charge in [0.15, 0.2) is 0 Å². The normalized spacial score (nSPS) is 20.8. The van der Waals surface area contributed by atoms with Crippen LogP contribution in [0.2, 0.25) is 0 Å². The third-order valence-electron chi connectivity index (χ3n) is 4.75. The van der Waals surface area contributed by atoms with Gasteiger partial charge in [-0.3, -0.25) is 9.78 Å². The lowest BCUT2D eigenvalue weighted by Gasteiger charge is -2.43. The monoisotopic (exact) mass is 417 g/mol. The van der Waals surface area contributed by atoms with Crippen LogP contribution in [0.5, 0.6) is 0 Å². The quantitative estimate of drug-likeness (QED) is 0.604. The average Bonchev–Trinajstić information content (AvgIpc) is 3.13. The number of amides is 1. The molecule has 3 heterocycles. The van der Waals surface area contributed by atoms with Crippen LogP contribution in [0.25, 0.3) is 10.7 Å². The molecule has 1 fully saturated rings. The molecule has 8 nitrogen and oxygen atoms in total. The minimum Gasteiger partial charge on any atom is -0.369 e. The predicted molar refractivity (Wildman–Crippen MR) is 102 cm³/mol. The Hall–Kier alpha value is -3.08. The van der Waals surface area contributed by atoms with Crippen LogP contribution in [0.15, 0.2) is 30.7 Å². The van der Waals surface area contributed by atoms with Gasteiger partial charge in [0.2, 0.25) is 11.9 Å². The third-order valence-corrected chi connectivity index (χ3v) is 5.77. The summed E-state index contributed by atoms with van der Waals surface area (Å²) in [5.74, 6) is -0.652. The van der Waals surface area contributed by atoms with Gasteiger partial charge in [0, 0.05) is 29.2 Å². The van der Waals surface area contributed by atoms with E-state index >= 15 is 0 Å². The zero-order chi connectivity index (χ0) is 20.4. The summed E-state index contributed by atoms with van der Waals surface area (Å²) in [5, 5.41) is 11.7. The Morgan fingerprint density at radius 3 is 2.76 bits per heavy atom. The lowest BCUT2D eigenvalue weighted by atomic mass is 9.65. The number of aromatic nitrogens is 5. The second-order valence-corrected chi connectivity index (χ2v) is 8.03. The number of nitrogens with one attached hydrogen (secondary N) is 1. The number of carbonyl (C=O) groups excluding carboxylic acids is 1. The largest absolute Gasteiger partial charge is 0.369 e. The van der Waals surface area contributed by atoms with Crippen molar-refractivity contribution in [2.75, 3.05) is 11.9 Å². The number of carbonyl (C=O) groups is 1. The minimum absolute atomic E-state index is 0.111. The molecule has 1 amide bonds. The number of hydrogen-bond donors (Lipinski definition) is 2. The number of hydrogen-bond acceptors (Lipinski definition) is 8. The first-order valence-electron chi connectivity index (χ1n) is 8.87. The molecule has 3 aromatic rings. The predicted octanol–water partition coefficient (Wildman–Crippen LogP) is 2.04. The Kier molecular flexibility index (Phi) is 5.14. The van der Waals surface area contributed by atoms with Crippen LogP contribution in [-0.4, -0.2) is 43.8 Å². The maximum Gasteiger partial charge on any atom is 0.242 e. The lowest BCUT2D eigenvalue weighted by Crippen LogP contribution is -2.49. The molecule has 0 saturated heterocycles. The fourth-order valence-electron chi connectivity index (χ4n) is 3.37. The summed E-state index contributed by atoms with van der Waals surface area (Å²) in [5.41, 5.74) is 5.13. The molecule has 1 saturated carbocycles. The highest BCUT2D eigenvalue weighted by Crippen LogP contribution is 2.45. The first-order chi connectivity index (χ1) is 13.9. The van der Waals surface area contributed by atoms with Crippen LogP contribution in [0.4, 0.5) is 14.7 Å². The molecule has 1 aliphatic rings. The standard InChI is InChI=1S/C18H17F2N7OS/c19-10-5-18(6-10,15-12(20)2-1-3-22-15)9-25-17-24-8-13(26-27-17)16-23-7-11(29-16)4-14(21)28/h1-3,7-8,10H,4-6,9H2,(H2,21,28)(H,24,25,27)/t10-,18-. The Labute approximate surface area is 168 Å². The first kappa shape index (κ1) is 19.2. The number of primary amides is 1. The third kappa shape index (κ3) is 4.04. The fraction of sp³-hybridized carbons (Fsp3) is 0.333. The lowest BCUT2D eigenvalue weighted by molar-refractivity contribution is -0.117. The number of nitrogens with two attached hydrogens (primary N) is 1. The van der Waals surface area contributed by atoms with Gasteiger partial charge in [0.25, 0.3) is 0 Å². The van der Waals surface area contributed by atoms with Crippen LogP contribution >= 0.6 is 11.3 Å². The van der Waals surface area contributed by atoms with Crippen molar-refractivity contribution in [3.05, 3.63) is 47.1 Å². The zero-order valence-electron chi connectivity index (χ0n) is 15.2. The van der Waals surface area contributed by atoms with Crippen molar-refractivity contribution < 1.29 is 13.6 Å². The van der Waals surface area contributed by atoms with Crippen LogP contribution in [0.1, 0.15) is 23.4 Å². The molecule has 0 aromatic carbocycles. The van der Waals surface area contributed by atoms with Gasteiger partial charge in [-0.2, -0.15) is 0 Å². The molecule has 3 N–H and O–H groups in total. The Balaban J connectivity index is 1.45. The molecule has 3 aromatic heterocycles. The van der Waals surface area contributed by atoms with Crippen molar-refractivity contribution in [1.82, 2.24) is 25.1 Å². The van der Waals surface area contributed by atoms with E-state index in [1.54, 1.807) is 6.20 Å². The molecule has 0 unspecified atom stereocenters. The topological polar surface area (TPSA) is 120 Å². The van der Waals surface area contributed by atoms with Gasteiger partial charge >= 0.3 is 0 Å². The molecule has 0 spiro atoms. The summed E-state index contributed by atoms with van der Waals surface area (Å²) in [4.78, 5) is 24.2. The molecule has 0 aliphatic heterocycles. The van der Waals surface area contributed by atoms with E-state index in [1.165, 1.54) is 35.9 Å². The average molecular weight is 417 g/mol. The summed E-state index contributed by atoms with van der Waals surface area (Å²) in [7, 11) is 0. The van der Waals surface area contributed by atoms with Crippen molar-refractivity contribution in [2.45, 2.75) is 30.8 Å². The summed E-state index contributed by atoms with van der Waals surface area (Å²) >= 11 is 1.28. The van der Waals surface area contributed by atoms with Crippen molar-refractivity contribution in [2.24, 2.45) is 5.73 Å². The molecule has 150 valence electrons. The van der Waals surface area contributed by atoms with E-state index in [9.17, 15) is 13.6 Å². The molecule has 1 aliphatic carbocycles. The number of thiazole rings is 1. The number of nitrogens with zero attached hydrogens (tertiary/aromatic N) is 5. The van der Waals surface area contributed by atoms with E-state index in [1.807, 2.05) is 0 Å². The van der Waals surface area contributed by atoms with Crippen molar-refractivity contribution >= 4 is 23.2 Å². The van der Waals surface area contributed by atoms with E-state index in [0.29, 0.717) is 10.7 Å². The SMILES string of the molecule is NC(=O)Cc1cnc(-c2cnc(NC[C@]3(c4ncccc4F)C[C@H](F)C3)nn2)s1.